The highest BCUT2D eigenvalue weighted by atomic mass is 16.6. The van der Waals surface area contributed by atoms with Crippen molar-refractivity contribution in [2.45, 2.75) is 0 Å². The van der Waals surface area contributed by atoms with Gasteiger partial charge in [0.2, 0.25) is 11.8 Å². The molecule has 0 spiro atoms. The van der Waals surface area contributed by atoms with Crippen LogP contribution in [0.4, 0.5) is 11.4 Å². The van der Waals surface area contributed by atoms with Crippen LogP contribution in [0, 0.1) is 10.1 Å². The molecule has 0 unspecified atom stereocenters. The van der Waals surface area contributed by atoms with Gasteiger partial charge in [0.15, 0.2) is 0 Å². The van der Waals surface area contributed by atoms with Crippen molar-refractivity contribution in [3.05, 3.63) is 94.5 Å². The molecule has 0 aliphatic rings. The van der Waals surface area contributed by atoms with Crippen LogP contribution >= 0.6 is 0 Å². The average Bonchev–Trinajstić information content (AvgIpc) is 3.24. The maximum absolute atomic E-state index is 10.8. The van der Waals surface area contributed by atoms with E-state index in [1.54, 1.807) is 18.3 Å². The summed E-state index contributed by atoms with van der Waals surface area (Å²) in [5.41, 5.74) is 3.04. The molecule has 0 aliphatic heterocycles. The highest BCUT2D eigenvalue weighted by Crippen LogP contribution is 2.25. The SMILES string of the molecule is O=[N+]([O-])c1cccc(C=Nc2ccc(-c3nnc(-c4ccccc4)o3)cc2)c1. The average molecular weight is 370 g/mol. The lowest BCUT2D eigenvalue weighted by atomic mass is 10.2. The van der Waals surface area contributed by atoms with Crippen molar-refractivity contribution in [2.75, 3.05) is 0 Å². The second kappa shape index (κ2) is 7.63. The molecule has 0 radical (unpaired) electrons. The van der Waals surface area contributed by atoms with E-state index in [0.29, 0.717) is 23.0 Å². The number of rotatable bonds is 5. The van der Waals surface area contributed by atoms with E-state index in [0.717, 1.165) is 11.1 Å². The summed E-state index contributed by atoms with van der Waals surface area (Å²) in [6.45, 7) is 0. The van der Waals surface area contributed by atoms with Crippen LogP contribution in [-0.2, 0) is 0 Å². The van der Waals surface area contributed by atoms with Gasteiger partial charge in [-0.05, 0) is 42.0 Å². The molecule has 4 rings (SSSR count). The van der Waals surface area contributed by atoms with E-state index in [1.807, 2.05) is 54.6 Å². The van der Waals surface area contributed by atoms with Crippen LogP contribution in [0.15, 0.2) is 88.3 Å². The van der Waals surface area contributed by atoms with Crippen LogP contribution in [0.5, 0.6) is 0 Å². The van der Waals surface area contributed by atoms with Crippen molar-refractivity contribution in [2.24, 2.45) is 4.99 Å². The maximum Gasteiger partial charge on any atom is 0.270 e. The Morgan fingerprint density at radius 2 is 1.54 bits per heavy atom. The molecule has 0 fully saturated rings. The molecule has 0 amide bonds. The monoisotopic (exact) mass is 370 g/mol. The molecule has 28 heavy (non-hydrogen) atoms. The largest absolute Gasteiger partial charge is 0.416 e. The van der Waals surface area contributed by atoms with Gasteiger partial charge in [0, 0.05) is 29.5 Å². The molecule has 0 bridgehead atoms. The normalized spacial score (nSPS) is 11.0. The lowest BCUT2D eigenvalue weighted by Gasteiger charge is -1.98. The Hall–Kier alpha value is -4.13. The van der Waals surface area contributed by atoms with Gasteiger partial charge in [0.25, 0.3) is 5.69 Å². The van der Waals surface area contributed by atoms with E-state index in [-0.39, 0.29) is 5.69 Å². The number of nitro benzene ring substituents is 1. The second-order valence-electron chi connectivity index (χ2n) is 5.94. The zero-order valence-corrected chi connectivity index (χ0v) is 14.6. The molecule has 136 valence electrons. The number of hydrogen-bond acceptors (Lipinski definition) is 6. The summed E-state index contributed by atoms with van der Waals surface area (Å²) >= 11 is 0. The second-order valence-corrected chi connectivity index (χ2v) is 5.94. The fraction of sp³-hybridized carbons (Fsp3) is 0. The third kappa shape index (κ3) is 3.83. The minimum absolute atomic E-state index is 0.0323. The maximum atomic E-state index is 10.8. The Kier molecular flexibility index (Phi) is 4.71. The summed E-state index contributed by atoms with van der Waals surface area (Å²) in [6, 6.07) is 23.2. The molecule has 0 saturated carbocycles. The van der Waals surface area contributed by atoms with E-state index >= 15 is 0 Å². The van der Waals surface area contributed by atoms with Crippen LogP contribution in [0.3, 0.4) is 0 Å². The van der Waals surface area contributed by atoms with E-state index < -0.39 is 4.92 Å². The number of hydrogen-bond donors (Lipinski definition) is 0. The number of aliphatic imine (C=N–C) groups is 1. The quantitative estimate of drug-likeness (QED) is 0.278. The van der Waals surface area contributed by atoms with Gasteiger partial charge in [-0.3, -0.25) is 15.1 Å². The first-order chi connectivity index (χ1) is 13.7. The Morgan fingerprint density at radius 1 is 0.857 bits per heavy atom. The van der Waals surface area contributed by atoms with Crippen LogP contribution < -0.4 is 0 Å². The van der Waals surface area contributed by atoms with Gasteiger partial charge in [-0.2, -0.15) is 0 Å². The summed E-state index contributed by atoms with van der Waals surface area (Å²) < 4.78 is 5.74. The molecule has 3 aromatic carbocycles. The zero-order chi connectivity index (χ0) is 19.3. The molecular weight excluding hydrogens is 356 g/mol. The van der Waals surface area contributed by atoms with Crippen molar-refractivity contribution in [1.29, 1.82) is 0 Å². The highest BCUT2D eigenvalue weighted by Gasteiger charge is 2.10. The van der Waals surface area contributed by atoms with Gasteiger partial charge >= 0.3 is 0 Å². The Bertz CT molecular complexity index is 1140. The molecule has 4 aromatic rings. The first-order valence-electron chi connectivity index (χ1n) is 8.47. The fourth-order valence-corrected chi connectivity index (χ4v) is 2.60. The minimum Gasteiger partial charge on any atom is -0.416 e. The summed E-state index contributed by atoms with van der Waals surface area (Å²) in [6.07, 6.45) is 1.59. The molecule has 0 aliphatic carbocycles. The Balaban J connectivity index is 1.51. The van der Waals surface area contributed by atoms with Crippen molar-refractivity contribution in [3.8, 4) is 22.9 Å². The molecule has 0 atom stereocenters. The Morgan fingerprint density at radius 3 is 2.21 bits per heavy atom. The summed E-state index contributed by atoms with van der Waals surface area (Å²) in [7, 11) is 0. The number of nitrogens with zero attached hydrogens (tertiary/aromatic N) is 4. The Labute approximate surface area is 160 Å². The van der Waals surface area contributed by atoms with Gasteiger partial charge in [-0.15, -0.1) is 10.2 Å². The van der Waals surface area contributed by atoms with E-state index in [9.17, 15) is 10.1 Å². The van der Waals surface area contributed by atoms with Gasteiger partial charge in [0.05, 0.1) is 10.6 Å². The van der Waals surface area contributed by atoms with E-state index in [4.69, 9.17) is 4.42 Å². The standard InChI is InChI=1S/C21H14N4O3/c26-25(27)19-8-4-5-15(13-19)14-22-18-11-9-17(10-12-18)21-24-23-20(28-21)16-6-2-1-3-7-16/h1-14H. The van der Waals surface area contributed by atoms with Crippen LogP contribution in [0.2, 0.25) is 0 Å². The first-order valence-corrected chi connectivity index (χ1v) is 8.47. The summed E-state index contributed by atoms with van der Waals surface area (Å²) in [5.74, 6) is 0.886. The third-order valence-electron chi connectivity index (χ3n) is 4.00. The molecule has 0 saturated heterocycles. The highest BCUT2D eigenvalue weighted by molar-refractivity contribution is 5.83. The summed E-state index contributed by atoms with van der Waals surface area (Å²) in [4.78, 5) is 14.8. The minimum atomic E-state index is -0.430. The van der Waals surface area contributed by atoms with Crippen LogP contribution in [-0.4, -0.2) is 21.3 Å². The molecule has 1 heterocycles. The number of nitro groups is 1. The lowest BCUT2D eigenvalue weighted by molar-refractivity contribution is -0.384. The third-order valence-corrected chi connectivity index (χ3v) is 4.00. The first kappa shape index (κ1) is 17.3. The number of aromatic nitrogens is 2. The van der Waals surface area contributed by atoms with Crippen molar-refractivity contribution in [1.82, 2.24) is 10.2 Å². The van der Waals surface area contributed by atoms with Gasteiger partial charge < -0.3 is 4.42 Å². The van der Waals surface area contributed by atoms with Gasteiger partial charge in [-0.25, -0.2) is 0 Å². The van der Waals surface area contributed by atoms with Crippen molar-refractivity contribution < 1.29 is 9.34 Å². The molecular formula is C21H14N4O3. The molecule has 1 aromatic heterocycles. The van der Waals surface area contributed by atoms with Gasteiger partial charge in [-0.1, -0.05) is 30.3 Å². The topological polar surface area (TPSA) is 94.4 Å². The predicted molar refractivity (Wildman–Crippen MR) is 106 cm³/mol. The predicted octanol–water partition coefficient (Wildman–Crippen LogP) is 5.06. The van der Waals surface area contributed by atoms with Crippen LogP contribution in [0.25, 0.3) is 22.9 Å². The van der Waals surface area contributed by atoms with Crippen LogP contribution in [0.1, 0.15) is 5.56 Å². The lowest BCUT2D eigenvalue weighted by Crippen LogP contribution is -1.89. The van der Waals surface area contributed by atoms with E-state index in [2.05, 4.69) is 15.2 Å². The summed E-state index contributed by atoms with van der Waals surface area (Å²) in [5, 5.41) is 19.0. The van der Waals surface area contributed by atoms with Crippen molar-refractivity contribution in [3.63, 3.8) is 0 Å². The fourth-order valence-electron chi connectivity index (χ4n) is 2.60. The molecule has 7 nitrogen and oxygen atoms in total. The number of benzene rings is 3. The number of non-ortho nitro benzene ring substituents is 1. The van der Waals surface area contributed by atoms with Gasteiger partial charge in [0.1, 0.15) is 0 Å². The van der Waals surface area contributed by atoms with E-state index in [1.165, 1.54) is 12.1 Å². The molecule has 7 heteroatoms. The molecule has 0 N–H and O–H groups in total. The smallest absolute Gasteiger partial charge is 0.270 e. The zero-order valence-electron chi connectivity index (χ0n) is 14.6. The van der Waals surface area contributed by atoms with Crippen molar-refractivity contribution >= 4 is 17.6 Å².